The first-order valence-corrected chi connectivity index (χ1v) is 14.0. The number of carbonyl (C=O) groups is 5. The van der Waals surface area contributed by atoms with Gasteiger partial charge in [0.15, 0.2) is 5.78 Å². The number of ketones is 1. The third kappa shape index (κ3) is 6.17. The van der Waals surface area contributed by atoms with Crippen LogP contribution in [0.4, 0.5) is 5.69 Å². The van der Waals surface area contributed by atoms with Crippen LogP contribution in [0.5, 0.6) is 5.75 Å². The molecule has 1 aliphatic heterocycles. The number of rotatable bonds is 8. The largest absolute Gasteiger partial charge is 0.423 e. The second-order valence-corrected chi connectivity index (χ2v) is 11.1. The fourth-order valence-electron chi connectivity index (χ4n) is 5.41. The van der Waals surface area contributed by atoms with Gasteiger partial charge in [-0.3, -0.25) is 29.3 Å². The predicted molar refractivity (Wildman–Crippen MR) is 153 cm³/mol. The van der Waals surface area contributed by atoms with Crippen LogP contribution in [0.1, 0.15) is 57.3 Å². The lowest BCUT2D eigenvalue weighted by Crippen LogP contribution is -2.52. The first-order chi connectivity index (χ1) is 20.5. The van der Waals surface area contributed by atoms with Gasteiger partial charge >= 0.3 is 5.97 Å². The van der Waals surface area contributed by atoms with Crippen molar-refractivity contribution in [2.75, 3.05) is 6.54 Å². The van der Waals surface area contributed by atoms with Crippen molar-refractivity contribution in [3.8, 4) is 5.75 Å². The Balaban J connectivity index is 1.35. The zero-order valence-electron chi connectivity index (χ0n) is 23.0. The summed E-state index contributed by atoms with van der Waals surface area (Å²) in [6.07, 6.45) is 1.85. The zero-order chi connectivity index (χ0) is 30.8. The average molecular weight is 604 g/mol. The van der Waals surface area contributed by atoms with Gasteiger partial charge < -0.3 is 4.74 Å². The van der Waals surface area contributed by atoms with Gasteiger partial charge in [-0.15, -0.1) is 0 Å². The number of ether oxygens (including phenoxy) is 1. The lowest BCUT2D eigenvalue weighted by Gasteiger charge is -2.30. The number of nitrogens with zero attached hydrogens (tertiary/aromatic N) is 3. The van der Waals surface area contributed by atoms with Crippen molar-refractivity contribution in [2.24, 2.45) is 17.8 Å². The van der Waals surface area contributed by atoms with Gasteiger partial charge in [-0.2, -0.15) is 5.01 Å². The van der Waals surface area contributed by atoms with Crippen LogP contribution in [0.3, 0.4) is 0 Å². The van der Waals surface area contributed by atoms with Gasteiger partial charge in [0.2, 0.25) is 0 Å². The molecule has 1 saturated heterocycles. The Kier molecular flexibility index (Phi) is 8.36. The quantitative estimate of drug-likeness (QED) is 0.0860. The number of hydrogen-bond acceptors (Lipinski definition) is 8. The summed E-state index contributed by atoms with van der Waals surface area (Å²) >= 11 is 5.97. The van der Waals surface area contributed by atoms with Gasteiger partial charge in [0.05, 0.1) is 22.3 Å². The summed E-state index contributed by atoms with van der Waals surface area (Å²) in [6, 6.07) is 16.3. The van der Waals surface area contributed by atoms with E-state index < -0.39 is 52.8 Å². The second kappa shape index (κ2) is 12.1. The Bertz CT molecular complexity index is 1610. The molecular formula is C31H26ClN3O8. The lowest BCUT2D eigenvalue weighted by molar-refractivity contribution is -0.384. The molecule has 1 saturated carbocycles. The summed E-state index contributed by atoms with van der Waals surface area (Å²) in [5.74, 6) is -3.72. The van der Waals surface area contributed by atoms with Gasteiger partial charge in [-0.25, -0.2) is 9.80 Å². The van der Waals surface area contributed by atoms with E-state index in [1.54, 1.807) is 0 Å². The maximum Gasteiger partial charge on any atom is 0.343 e. The molecule has 3 atom stereocenters. The topological polar surface area (TPSA) is 144 Å². The summed E-state index contributed by atoms with van der Waals surface area (Å²) in [5.41, 5.74) is 0.217. The molecular weight excluding hydrogens is 578 g/mol. The van der Waals surface area contributed by atoms with E-state index in [0.29, 0.717) is 17.9 Å². The van der Waals surface area contributed by atoms with Crippen molar-refractivity contribution in [1.82, 2.24) is 10.0 Å². The molecule has 43 heavy (non-hydrogen) atoms. The number of halogens is 1. The molecule has 0 unspecified atom stereocenters. The fraction of sp³-hybridized carbons (Fsp3) is 0.258. The Morgan fingerprint density at radius 1 is 0.884 bits per heavy atom. The van der Waals surface area contributed by atoms with Crippen molar-refractivity contribution < 1.29 is 33.6 Å². The van der Waals surface area contributed by atoms with Gasteiger partial charge in [-0.05, 0) is 85.8 Å². The first-order valence-electron chi connectivity index (χ1n) is 13.6. The van der Waals surface area contributed by atoms with Crippen LogP contribution in [0, 0.1) is 27.9 Å². The third-order valence-corrected chi connectivity index (χ3v) is 7.98. The smallest absolute Gasteiger partial charge is 0.343 e. The van der Waals surface area contributed by atoms with Crippen LogP contribution in [-0.4, -0.2) is 51.0 Å². The van der Waals surface area contributed by atoms with Crippen molar-refractivity contribution in [1.29, 1.82) is 0 Å². The highest BCUT2D eigenvalue weighted by Crippen LogP contribution is 2.41. The summed E-state index contributed by atoms with van der Waals surface area (Å²) in [5, 5.41) is 13.0. The lowest BCUT2D eigenvalue weighted by atomic mass is 9.76. The molecule has 5 rings (SSSR count). The molecule has 1 heterocycles. The summed E-state index contributed by atoms with van der Waals surface area (Å²) in [6.45, 7) is 1.43. The summed E-state index contributed by atoms with van der Waals surface area (Å²) in [4.78, 5) is 76.6. The Labute approximate surface area is 251 Å². The van der Waals surface area contributed by atoms with Crippen LogP contribution in [0.2, 0.25) is 5.02 Å². The standard InChI is InChI=1S/C31H26ClN3O8/c1-18-2-15-25-26(16-18)30(39)34(29(25)38)33(28(37)20-3-9-22(32)10-4-20)17-27(36)19-7-13-24(14-8-19)43-31(40)21-5-11-23(12-6-21)35(41)42/h3-14,18,25-26H,2,15-17H2,1H3/t18-,25+,26+/m1/s1. The van der Waals surface area contributed by atoms with Gasteiger partial charge in [0.25, 0.3) is 23.4 Å². The molecule has 2 aliphatic rings. The molecule has 0 aromatic heterocycles. The van der Waals surface area contributed by atoms with E-state index in [2.05, 4.69) is 0 Å². The van der Waals surface area contributed by atoms with E-state index >= 15 is 0 Å². The molecule has 2 fully saturated rings. The highest BCUT2D eigenvalue weighted by atomic mass is 35.5. The molecule has 1 aliphatic carbocycles. The van der Waals surface area contributed by atoms with E-state index in [1.807, 2.05) is 6.92 Å². The normalized spacial score (nSPS) is 19.5. The number of carbonyl (C=O) groups excluding carboxylic acids is 5. The SMILES string of the molecule is C[C@@H]1CC[C@@H]2C(=O)N(N(CC(=O)c3ccc(OC(=O)c4ccc([N+](=O)[O-])cc4)cc3)C(=O)c3ccc(Cl)cc3)C(=O)[C@H]2C1. The zero-order valence-corrected chi connectivity index (χ0v) is 23.7. The maximum atomic E-state index is 13.6. The maximum absolute atomic E-state index is 13.6. The number of Topliss-reactive ketones (excluding diaryl/α,β-unsaturated/α-hetero) is 1. The van der Waals surface area contributed by atoms with Gasteiger partial charge in [0, 0.05) is 28.3 Å². The van der Waals surface area contributed by atoms with Crippen LogP contribution in [0.15, 0.2) is 72.8 Å². The van der Waals surface area contributed by atoms with Crippen LogP contribution in [-0.2, 0) is 9.59 Å². The van der Waals surface area contributed by atoms with Gasteiger partial charge in [0.1, 0.15) is 12.3 Å². The van der Waals surface area contributed by atoms with Crippen LogP contribution < -0.4 is 4.74 Å². The van der Waals surface area contributed by atoms with E-state index in [9.17, 15) is 34.1 Å². The molecule has 11 nitrogen and oxygen atoms in total. The molecule has 220 valence electrons. The molecule has 3 amide bonds. The number of fused-ring (bicyclic) bond motifs is 1. The number of amides is 3. The molecule has 0 radical (unpaired) electrons. The Morgan fingerprint density at radius 3 is 2.09 bits per heavy atom. The number of hydrazine groups is 1. The molecule has 3 aromatic rings. The van der Waals surface area contributed by atoms with E-state index in [4.69, 9.17) is 16.3 Å². The average Bonchev–Trinajstić information content (AvgIpc) is 3.24. The number of benzene rings is 3. The summed E-state index contributed by atoms with van der Waals surface area (Å²) < 4.78 is 5.30. The summed E-state index contributed by atoms with van der Waals surface area (Å²) in [7, 11) is 0. The predicted octanol–water partition coefficient (Wildman–Crippen LogP) is 5.13. The van der Waals surface area contributed by atoms with Crippen molar-refractivity contribution in [3.63, 3.8) is 0 Å². The number of hydrogen-bond donors (Lipinski definition) is 0. The highest BCUT2D eigenvalue weighted by Gasteiger charge is 2.52. The molecule has 0 spiro atoms. The molecule has 12 heteroatoms. The monoisotopic (exact) mass is 603 g/mol. The molecule has 3 aromatic carbocycles. The number of non-ortho nitro benzene ring substituents is 1. The minimum Gasteiger partial charge on any atom is -0.423 e. The van der Waals surface area contributed by atoms with Crippen molar-refractivity contribution in [2.45, 2.75) is 26.2 Å². The molecule has 0 bridgehead atoms. The molecule has 0 N–H and O–H groups in total. The first kappa shape index (κ1) is 29.6. The number of imide groups is 1. The van der Waals surface area contributed by atoms with Crippen LogP contribution in [0.25, 0.3) is 0 Å². The van der Waals surface area contributed by atoms with E-state index in [0.717, 1.165) is 16.4 Å². The highest BCUT2D eigenvalue weighted by molar-refractivity contribution is 6.30. The Morgan fingerprint density at radius 2 is 1.47 bits per heavy atom. The van der Waals surface area contributed by atoms with E-state index in [1.165, 1.54) is 72.8 Å². The Hall–Kier alpha value is -4.90. The van der Waals surface area contributed by atoms with E-state index in [-0.39, 0.29) is 34.0 Å². The minimum atomic E-state index is -0.754. The number of nitro benzene ring substituents is 1. The number of esters is 1. The number of nitro groups is 1. The van der Waals surface area contributed by atoms with Crippen molar-refractivity contribution >= 4 is 46.8 Å². The van der Waals surface area contributed by atoms with Crippen molar-refractivity contribution in [3.05, 3.63) is 105 Å². The van der Waals surface area contributed by atoms with Gasteiger partial charge in [-0.1, -0.05) is 18.5 Å². The minimum absolute atomic E-state index is 0.0945. The third-order valence-electron chi connectivity index (χ3n) is 7.73. The second-order valence-electron chi connectivity index (χ2n) is 10.6. The fourth-order valence-corrected chi connectivity index (χ4v) is 5.53. The van der Waals surface area contributed by atoms with Crippen LogP contribution >= 0.6 is 11.6 Å².